The molecule has 0 aliphatic heterocycles. The molecule has 0 radical (unpaired) electrons. The van der Waals surface area contributed by atoms with Crippen LogP contribution in [-0.2, 0) is 4.74 Å². The molecule has 1 atom stereocenters. The second kappa shape index (κ2) is 7.77. The molecule has 1 fully saturated rings. The van der Waals surface area contributed by atoms with E-state index in [1.165, 1.54) is 0 Å². The Morgan fingerprint density at radius 2 is 2.18 bits per heavy atom. The molecule has 100 valence electrons. The average Bonchev–Trinajstić information content (AvgIpc) is 2.62. The third-order valence-electron chi connectivity index (χ3n) is 3.11. The lowest BCUT2D eigenvalue weighted by molar-refractivity contribution is 0.00518. The van der Waals surface area contributed by atoms with Gasteiger partial charge in [-0.3, -0.25) is 0 Å². The van der Waals surface area contributed by atoms with Crippen molar-refractivity contribution >= 4 is 0 Å². The number of ether oxygens (including phenoxy) is 1. The zero-order valence-corrected chi connectivity index (χ0v) is 10.6. The molecule has 1 rings (SSSR count). The summed E-state index contributed by atoms with van der Waals surface area (Å²) in [5.41, 5.74) is 0. The van der Waals surface area contributed by atoms with Gasteiger partial charge in [0.2, 0.25) is 5.92 Å². The van der Waals surface area contributed by atoms with E-state index in [-0.39, 0.29) is 18.8 Å². The van der Waals surface area contributed by atoms with Crippen LogP contribution in [0.25, 0.3) is 0 Å². The first-order chi connectivity index (χ1) is 8.14. The van der Waals surface area contributed by atoms with E-state index in [2.05, 4.69) is 11.4 Å². The molecule has 17 heavy (non-hydrogen) atoms. The second-order valence-corrected chi connectivity index (χ2v) is 4.70. The van der Waals surface area contributed by atoms with Crippen LogP contribution in [0.4, 0.5) is 8.78 Å². The predicted molar refractivity (Wildman–Crippen MR) is 65.4 cm³/mol. The van der Waals surface area contributed by atoms with Crippen LogP contribution in [-0.4, -0.2) is 32.7 Å². The predicted octanol–water partition coefficient (Wildman–Crippen LogP) is 2.99. The lowest BCUT2D eigenvalue weighted by Gasteiger charge is -2.07. The molecule has 0 heterocycles. The molecule has 0 amide bonds. The van der Waals surface area contributed by atoms with Crippen molar-refractivity contribution in [3.8, 4) is 0 Å². The van der Waals surface area contributed by atoms with E-state index in [4.69, 9.17) is 4.74 Å². The Morgan fingerprint density at radius 3 is 2.82 bits per heavy atom. The Balaban J connectivity index is 1.96. The fraction of sp³-hybridized carbons (Fsp3) is 0.846. The maximum absolute atomic E-state index is 12.9. The highest BCUT2D eigenvalue weighted by Gasteiger charge is 2.38. The van der Waals surface area contributed by atoms with E-state index in [0.717, 1.165) is 32.5 Å². The standard InChI is InChI=1S/C13H23F2NO/c1-17-10-9-16-8-4-2-3-5-12-6-7-13(14,15)11-12/h2-3,12,16H,4-11H2,1H3/b3-2+. The number of rotatable bonds is 8. The van der Waals surface area contributed by atoms with Crippen molar-refractivity contribution in [2.75, 3.05) is 26.8 Å². The summed E-state index contributed by atoms with van der Waals surface area (Å²) in [6.07, 6.45) is 6.69. The molecule has 0 aromatic heterocycles. The van der Waals surface area contributed by atoms with Gasteiger partial charge in [0.1, 0.15) is 0 Å². The summed E-state index contributed by atoms with van der Waals surface area (Å²) < 4.78 is 30.7. The molecule has 1 unspecified atom stereocenters. The summed E-state index contributed by atoms with van der Waals surface area (Å²) in [5, 5.41) is 3.23. The molecule has 0 bridgehead atoms. The number of allylic oxidation sites excluding steroid dienone is 1. The molecule has 1 aliphatic rings. The summed E-state index contributed by atoms with van der Waals surface area (Å²) in [7, 11) is 1.68. The van der Waals surface area contributed by atoms with Gasteiger partial charge >= 0.3 is 0 Å². The van der Waals surface area contributed by atoms with Crippen molar-refractivity contribution in [2.45, 2.75) is 38.0 Å². The zero-order chi connectivity index (χ0) is 12.6. The molecule has 2 nitrogen and oxygen atoms in total. The van der Waals surface area contributed by atoms with Gasteiger partial charge in [-0.25, -0.2) is 8.78 Å². The van der Waals surface area contributed by atoms with Crippen LogP contribution in [0.2, 0.25) is 0 Å². The molecule has 1 saturated carbocycles. The summed E-state index contributed by atoms with van der Waals surface area (Å²) >= 11 is 0. The van der Waals surface area contributed by atoms with Gasteiger partial charge in [0.25, 0.3) is 0 Å². The normalized spacial score (nSPS) is 23.6. The number of methoxy groups -OCH3 is 1. The van der Waals surface area contributed by atoms with E-state index in [0.29, 0.717) is 6.42 Å². The SMILES string of the molecule is COCCNCC/C=C/CC1CCC(F)(F)C1. The molecular formula is C13H23F2NO. The molecule has 4 heteroatoms. The summed E-state index contributed by atoms with van der Waals surface area (Å²) in [5.74, 6) is -2.22. The molecule has 0 spiro atoms. The summed E-state index contributed by atoms with van der Waals surface area (Å²) in [4.78, 5) is 0. The monoisotopic (exact) mass is 247 g/mol. The zero-order valence-electron chi connectivity index (χ0n) is 10.6. The van der Waals surface area contributed by atoms with Gasteiger partial charge in [-0.15, -0.1) is 0 Å². The van der Waals surface area contributed by atoms with Crippen molar-refractivity contribution in [1.82, 2.24) is 5.32 Å². The van der Waals surface area contributed by atoms with Crippen molar-refractivity contribution in [2.24, 2.45) is 5.92 Å². The van der Waals surface area contributed by atoms with E-state index < -0.39 is 5.92 Å². The number of nitrogens with one attached hydrogen (secondary N) is 1. The Hall–Kier alpha value is -0.480. The Morgan fingerprint density at radius 1 is 1.35 bits per heavy atom. The number of hydrogen-bond donors (Lipinski definition) is 1. The van der Waals surface area contributed by atoms with Crippen LogP contribution < -0.4 is 5.32 Å². The first kappa shape index (κ1) is 14.6. The lowest BCUT2D eigenvalue weighted by Crippen LogP contribution is -2.19. The first-order valence-corrected chi connectivity index (χ1v) is 6.36. The Labute approximate surface area is 102 Å². The Bertz CT molecular complexity index is 231. The van der Waals surface area contributed by atoms with Gasteiger partial charge in [-0.2, -0.15) is 0 Å². The van der Waals surface area contributed by atoms with Gasteiger partial charge in [0.05, 0.1) is 6.61 Å². The van der Waals surface area contributed by atoms with Gasteiger partial charge < -0.3 is 10.1 Å². The maximum Gasteiger partial charge on any atom is 0.248 e. The van der Waals surface area contributed by atoms with Gasteiger partial charge in [-0.05, 0) is 31.7 Å². The van der Waals surface area contributed by atoms with E-state index in [1.807, 2.05) is 6.08 Å². The van der Waals surface area contributed by atoms with Gasteiger partial charge in [-0.1, -0.05) is 12.2 Å². The van der Waals surface area contributed by atoms with Crippen LogP contribution in [0.1, 0.15) is 32.1 Å². The van der Waals surface area contributed by atoms with E-state index >= 15 is 0 Å². The van der Waals surface area contributed by atoms with Crippen LogP contribution in [0, 0.1) is 5.92 Å². The van der Waals surface area contributed by atoms with E-state index in [1.54, 1.807) is 7.11 Å². The fourth-order valence-corrected chi connectivity index (χ4v) is 2.13. The molecule has 1 N–H and O–H groups in total. The highest BCUT2D eigenvalue weighted by molar-refractivity contribution is 4.89. The van der Waals surface area contributed by atoms with Crippen LogP contribution >= 0.6 is 0 Å². The number of alkyl halides is 2. The summed E-state index contributed by atoms with van der Waals surface area (Å²) in [6, 6.07) is 0. The van der Waals surface area contributed by atoms with Crippen molar-refractivity contribution in [3.63, 3.8) is 0 Å². The number of halogens is 2. The first-order valence-electron chi connectivity index (χ1n) is 6.36. The minimum atomic E-state index is -2.40. The average molecular weight is 247 g/mol. The van der Waals surface area contributed by atoms with Crippen LogP contribution in [0.3, 0.4) is 0 Å². The minimum Gasteiger partial charge on any atom is -0.383 e. The maximum atomic E-state index is 12.9. The van der Waals surface area contributed by atoms with Crippen molar-refractivity contribution in [1.29, 1.82) is 0 Å². The Kier molecular flexibility index (Phi) is 6.66. The lowest BCUT2D eigenvalue weighted by atomic mass is 10.0. The smallest absolute Gasteiger partial charge is 0.248 e. The van der Waals surface area contributed by atoms with Gasteiger partial charge in [0.15, 0.2) is 0 Å². The summed E-state index contributed by atoms with van der Waals surface area (Å²) in [6.45, 7) is 2.50. The topological polar surface area (TPSA) is 21.3 Å². The number of hydrogen-bond acceptors (Lipinski definition) is 2. The minimum absolute atomic E-state index is 0.0728. The highest BCUT2D eigenvalue weighted by Crippen LogP contribution is 2.40. The van der Waals surface area contributed by atoms with Crippen molar-refractivity contribution < 1.29 is 13.5 Å². The molecule has 1 aliphatic carbocycles. The largest absolute Gasteiger partial charge is 0.383 e. The second-order valence-electron chi connectivity index (χ2n) is 4.70. The highest BCUT2D eigenvalue weighted by atomic mass is 19.3. The van der Waals surface area contributed by atoms with Crippen molar-refractivity contribution in [3.05, 3.63) is 12.2 Å². The third kappa shape index (κ3) is 6.74. The fourth-order valence-electron chi connectivity index (χ4n) is 2.13. The molecular weight excluding hydrogens is 224 g/mol. The molecule has 0 aromatic carbocycles. The quantitative estimate of drug-likeness (QED) is 0.526. The van der Waals surface area contributed by atoms with Crippen LogP contribution in [0.5, 0.6) is 0 Å². The van der Waals surface area contributed by atoms with Crippen LogP contribution in [0.15, 0.2) is 12.2 Å². The van der Waals surface area contributed by atoms with E-state index in [9.17, 15) is 8.78 Å². The third-order valence-corrected chi connectivity index (χ3v) is 3.11. The molecule has 0 saturated heterocycles. The molecule has 0 aromatic rings. The van der Waals surface area contributed by atoms with Gasteiger partial charge in [0, 0.05) is 26.5 Å².